The molecule has 1 heterocycles. The summed E-state index contributed by atoms with van der Waals surface area (Å²) >= 11 is 0. The summed E-state index contributed by atoms with van der Waals surface area (Å²) in [6.45, 7) is 11.8. The van der Waals surface area contributed by atoms with Crippen LogP contribution in [0, 0.1) is 13.8 Å². The van der Waals surface area contributed by atoms with Crippen LogP contribution in [0.4, 0.5) is 5.69 Å². The number of anilines is 1. The second kappa shape index (κ2) is 12.8. The zero-order chi connectivity index (χ0) is 19.2. The van der Waals surface area contributed by atoms with E-state index in [1.807, 2.05) is 66.8 Å². The van der Waals surface area contributed by atoms with E-state index in [0.29, 0.717) is 5.75 Å². The Morgan fingerprint density at radius 3 is 1.96 bits per heavy atom. The van der Waals surface area contributed by atoms with Gasteiger partial charge in [-0.2, -0.15) is 0 Å². The number of rotatable bonds is 1. The molecule has 0 spiro atoms. The van der Waals surface area contributed by atoms with Crippen LogP contribution in [0.15, 0.2) is 48.8 Å². The van der Waals surface area contributed by atoms with Gasteiger partial charge >= 0.3 is 0 Å². The zero-order valence-electron chi connectivity index (χ0n) is 16.5. The molecule has 4 heteroatoms. The highest BCUT2D eigenvalue weighted by Gasteiger charge is 2.01. The number of phenolic OH excluding ortho intramolecular Hbond substituents is 1. The van der Waals surface area contributed by atoms with Crippen LogP contribution in [0.5, 0.6) is 5.75 Å². The first kappa shape index (κ1) is 22.4. The van der Waals surface area contributed by atoms with E-state index < -0.39 is 0 Å². The summed E-state index contributed by atoms with van der Waals surface area (Å²) < 4.78 is 0. The topological polar surface area (TPSA) is 58.0 Å². The predicted molar refractivity (Wildman–Crippen MR) is 109 cm³/mol. The fraction of sp³-hybridized carbons (Fsp3) is 0.333. The largest absolute Gasteiger partial charge is 0.507 e. The van der Waals surface area contributed by atoms with Gasteiger partial charge in [0.15, 0.2) is 0 Å². The Hall–Kier alpha value is -2.62. The first-order chi connectivity index (χ1) is 12.1. The average molecular weight is 341 g/mol. The Kier molecular flexibility index (Phi) is 11.4. The fourth-order valence-electron chi connectivity index (χ4n) is 2.02. The molecule has 2 aromatic carbocycles. The highest BCUT2D eigenvalue weighted by molar-refractivity contribution is 5.91. The molecule has 136 valence electrons. The monoisotopic (exact) mass is 341 g/mol. The van der Waals surface area contributed by atoms with Gasteiger partial charge in [0.25, 0.3) is 0 Å². The SMILES string of the molecule is CC.CC.CNc1ccc2c(O)cc(C)cc2c1.Cc1ncccn1. The Morgan fingerprint density at radius 2 is 1.48 bits per heavy atom. The number of phenols is 1. The van der Waals surface area contributed by atoms with Gasteiger partial charge in [0.1, 0.15) is 11.6 Å². The summed E-state index contributed by atoms with van der Waals surface area (Å²) in [5, 5.41) is 14.7. The maximum absolute atomic E-state index is 9.70. The molecule has 3 rings (SSSR count). The number of benzene rings is 2. The number of nitrogens with zero attached hydrogens (tertiary/aromatic N) is 2. The fourth-order valence-corrected chi connectivity index (χ4v) is 2.02. The normalized spacial score (nSPS) is 8.76. The van der Waals surface area contributed by atoms with Crippen LogP contribution in [-0.4, -0.2) is 22.1 Å². The highest BCUT2D eigenvalue weighted by atomic mass is 16.3. The summed E-state index contributed by atoms with van der Waals surface area (Å²) in [6.07, 6.45) is 3.45. The van der Waals surface area contributed by atoms with Crippen molar-refractivity contribution in [2.75, 3.05) is 12.4 Å². The van der Waals surface area contributed by atoms with Crippen molar-refractivity contribution in [1.29, 1.82) is 0 Å². The van der Waals surface area contributed by atoms with Gasteiger partial charge in [-0.3, -0.25) is 0 Å². The minimum Gasteiger partial charge on any atom is -0.507 e. The smallest absolute Gasteiger partial charge is 0.125 e. The molecule has 0 amide bonds. The quantitative estimate of drug-likeness (QED) is 0.593. The predicted octanol–water partition coefficient (Wildman–Crippen LogP) is 5.73. The molecule has 0 saturated heterocycles. The Labute approximate surface area is 152 Å². The van der Waals surface area contributed by atoms with E-state index in [9.17, 15) is 5.11 Å². The van der Waals surface area contributed by atoms with Gasteiger partial charge in [-0.25, -0.2) is 9.97 Å². The van der Waals surface area contributed by atoms with Gasteiger partial charge in [-0.05, 0) is 55.1 Å². The third-order valence-electron chi connectivity index (χ3n) is 3.06. The number of nitrogens with one attached hydrogen (secondary N) is 1. The van der Waals surface area contributed by atoms with Crippen LogP contribution < -0.4 is 5.32 Å². The van der Waals surface area contributed by atoms with E-state index in [4.69, 9.17) is 0 Å². The van der Waals surface area contributed by atoms with E-state index in [-0.39, 0.29) is 0 Å². The molecule has 0 saturated carbocycles. The van der Waals surface area contributed by atoms with Crippen molar-refractivity contribution in [1.82, 2.24) is 9.97 Å². The van der Waals surface area contributed by atoms with Gasteiger partial charge in [0.05, 0.1) is 0 Å². The summed E-state index contributed by atoms with van der Waals surface area (Å²) in [6, 6.07) is 11.6. The van der Waals surface area contributed by atoms with Crippen LogP contribution in [-0.2, 0) is 0 Å². The third kappa shape index (κ3) is 7.66. The standard InChI is InChI=1S/C12H13NO.C5H6N2.2C2H6/c1-8-5-9-7-10(13-2)3-4-11(9)12(14)6-8;1-5-6-3-2-4-7-5;2*1-2/h3-7,13-14H,1-2H3;2-4H,1H3;2*1-2H3. The molecule has 0 radical (unpaired) electrons. The number of hydrogen-bond acceptors (Lipinski definition) is 4. The summed E-state index contributed by atoms with van der Waals surface area (Å²) in [5.74, 6) is 1.17. The molecule has 0 fully saturated rings. The molecule has 25 heavy (non-hydrogen) atoms. The lowest BCUT2D eigenvalue weighted by molar-refractivity contribution is 0.481. The van der Waals surface area contributed by atoms with Crippen molar-refractivity contribution in [3.8, 4) is 5.75 Å². The lowest BCUT2D eigenvalue weighted by Crippen LogP contribution is -1.87. The van der Waals surface area contributed by atoms with E-state index in [0.717, 1.165) is 27.8 Å². The van der Waals surface area contributed by atoms with Crippen molar-refractivity contribution >= 4 is 16.5 Å². The zero-order valence-corrected chi connectivity index (χ0v) is 16.5. The van der Waals surface area contributed by atoms with Gasteiger partial charge in [-0.15, -0.1) is 0 Å². The van der Waals surface area contributed by atoms with E-state index in [2.05, 4.69) is 21.4 Å². The number of aromatic nitrogens is 2. The first-order valence-corrected chi connectivity index (χ1v) is 8.75. The van der Waals surface area contributed by atoms with Gasteiger partial charge < -0.3 is 10.4 Å². The molecular weight excluding hydrogens is 310 g/mol. The number of aryl methyl sites for hydroxylation is 2. The summed E-state index contributed by atoms with van der Waals surface area (Å²) in [5.41, 5.74) is 2.13. The van der Waals surface area contributed by atoms with Crippen LogP contribution in [0.25, 0.3) is 10.8 Å². The Morgan fingerprint density at radius 1 is 0.880 bits per heavy atom. The van der Waals surface area contributed by atoms with Crippen molar-refractivity contribution < 1.29 is 5.11 Å². The van der Waals surface area contributed by atoms with Crippen molar-refractivity contribution in [3.63, 3.8) is 0 Å². The van der Waals surface area contributed by atoms with E-state index in [1.165, 1.54) is 0 Å². The molecule has 0 unspecified atom stereocenters. The second-order valence-corrected chi connectivity index (χ2v) is 4.77. The summed E-state index contributed by atoms with van der Waals surface area (Å²) in [7, 11) is 1.89. The second-order valence-electron chi connectivity index (χ2n) is 4.77. The Balaban J connectivity index is 0.000000441. The number of aromatic hydroxyl groups is 1. The van der Waals surface area contributed by atoms with Gasteiger partial charge in [0, 0.05) is 30.5 Å². The molecule has 0 bridgehead atoms. The summed E-state index contributed by atoms with van der Waals surface area (Å²) in [4.78, 5) is 7.74. The lowest BCUT2D eigenvalue weighted by atomic mass is 10.1. The molecule has 0 atom stereocenters. The van der Waals surface area contributed by atoms with Crippen molar-refractivity contribution in [2.45, 2.75) is 41.5 Å². The molecular formula is C21H31N3O. The molecule has 4 nitrogen and oxygen atoms in total. The molecule has 0 aliphatic heterocycles. The maximum atomic E-state index is 9.70. The highest BCUT2D eigenvalue weighted by Crippen LogP contribution is 2.28. The first-order valence-electron chi connectivity index (χ1n) is 8.75. The average Bonchev–Trinajstić information content (AvgIpc) is 2.65. The van der Waals surface area contributed by atoms with Crippen LogP contribution in [0.3, 0.4) is 0 Å². The van der Waals surface area contributed by atoms with Crippen LogP contribution in [0.2, 0.25) is 0 Å². The van der Waals surface area contributed by atoms with Crippen molar-refractivity contribution in [3.05, 3.63) is 60.2 Å². The Bertz CT molecular complexity index is 728. The third-order valence-corrected chi connectivity index (χ3v) is 3.06. The van der Waals surface area contributed by atoms with Gasteiger partial charge in [0.2, 0.25) is 0 Å². The number of hydrogen-bond donors (Lipinski definition) is 2. The maximum Gasteiger partial charge on any atom is 0.125 e. The van der Waals surface area contributed by atoms with Gasteiger partial charge in [-0.1, -0.05) is 33.8 Å². The molecule has 2 N–H and O–H groups in total. The van der Waals surface area contributed by atoms with Crippen molar-refractivity contribution in [2.24, 2.45) is 0 Å². The van der Waals surface area contributed by atoms with Crippen LogP contribution in [0.1, 0.15) is 39.1 Å². The molecule has 0 aliphatic carbocycles. The van der Waals surface area contributed by atoms with E-state index in [1.54, 1.807) is 24.5 Å². The minimum atomic E-state index is 0.350. The van der Waals surface area contributed by atoms with E-state index >= 15 is 0 Å². The van der Waals surface area contributed by atoms with Crippen LogP contribution >= 0.6 is 0 Å². The molecule has 1 aromatic heterocycles. The molecule has 0 aliphatic rings. The number of fused-ring (bicyclic) bond motifs is 1. The molecule has 3 aromatic rings. The minimum absolute atomic E-state index is 0.350. The lowest BCUT2D eigenvalue weighted by Gasteiger charge is -2.05.